The fraction of sp³-hybridized carbons (Fsp3) is 0.381. The number of rotatable bonds is 4. The van der Waals surface area contributed by atoms with E-state index < -0.39 is 23.2 Å². The van der Waals surface area contributed by atoms with Crippen molar-refractivity contribution in [2.24, 2.45) is 0 Å². The first-order valence-electron chi connectivity index (χ1n) is 9.17. The minimum absolute atomic E-state index is 0.236. The molecule has 2 aromatic carbocycles. The predicted molar refractivity (Wildman–Crippen MR) is 111 cm³/mol. The molecule has 1 N–H and O–H groups in total. The number of likely N-dealkylation sites (tertiary alicyclic amines) is 1. The number of halogens is 4. The lowest BCUT2D eigenvalue weighted by Gasteiger charge is -2.42. The Morgan fingerprint density at radius 1 is 1.24 bits per heavy atom. The molecule has 1 unspecified atom stereocenters. The highest BCUT2D eigenvalue weighted by molar-refractivity contribution is 7.98. The topological polar surface area (TPSA) is 32.3 Å². The Bertz CT molecular complexity index is 906. The quantitative estimate of drug-likeness (QED) is 0.640. The summed E-state index contributed by atoms with van der Waals surface area (Å²) >= 11 is 7.31. The monoisotopic (exact) mass is 442 g/mol. The third-order valence-electron chi connectivity index (χ3n) is 5.19. The molecule has 3 nitrogen and oxygen atoms in total. The lowest BCUT2D eigenvalue weighted by atomic mass is 9.82. The number of amides is 1. The van der Waals surface area contributed by atoms with Gasteiger partial charge in [0.2, 0.25) is 0 Å². The normalized spacial score (nSPS) is 20.5. The summed E-state index contributed by atoms with van der Waals surface area (Å²) in [5.41, 5.74) is -0.295. The van der Waals surface area contributed by atoms with Crippen LogP contribution in [0.4, 0.5) is 13.2 Å². The van der Waals surface area contributed by atoms with Crippen LogP contribution in [0, 0.1) is 0 Å². The Morgan fingerprint density at radius 3 is 2.62 bits per heavy atom. The van der Waals surface area contributed by atoms with Gasteiger partial charge in [0.25, 0.3) is 5.91 Å². The van der Waals surface area contributed by atoms with Crippen molar-refractivity contribution in [3.8, 4) is 0 Å². The molecule has 156 valence electrons. The molecular weight excluding hydrogens is 421 g/mol. The van der Waals surface area contributed by atoms with E-state index in [9.17, 15) is 18.0 Å². The van der Waals surface area contributed by atoms with Gasteiger partial charge in [-0.25, -0.2) is 0 Å². The highest BCUT2D eigenvalue weighted by Crippen LogP contribution is 2.35. The second-order valence-corrected chi connectivity index (χ2v) is 8.59. The molecule has 1 aliphatic heterocycles. The summed E-state index contributed by atoms with van der Waals surface area (Å²) in [5, 5.41) is 3.69. The maximum Gasteiger partial charge on any atom is 0.416 e. The number of benzene rings is 2. The van der Waals surface area contributed by atoms with E-state index in [1.165, 1.54) is 6.07 Å². The van der Waals surface area contributed by atoms with Crippen LogP contribution < -0.4 is 5.32 Å². The fourth-order valence-electron chi connectivity index (χ4n) is 3.81. The molecule has 0 aliphatic carbocycles. The molecule has 1 saturated heterocycles. The van der Waals surface area contributed by atoms with Gasteiger partial charge < -0.3 is 10.2 Å². The van der Waals surface area contributed by atoms with E-state index >= 15 is 0 Å². The molecule has 1 atom stereocenters. The summed E-state index contributed by atoms with van der Waals surface area (Å²) in [6.07, 6.45) is -1.19. The lowest BCUT2D eigenvalue weighted by Crippen LogP contribution is -2.55. The van der Waals surface area contributed by atoms with Gasteiger partial charge in [0, 0.05) is 16.5 Å². The third kappa shape index (κ3) is 4.90. The van der Waals surface area contributed by atoms with Crippen molar-refractivity contribution in [2.75, 3.05) is 26.4 Å². The number of carbonyl (C=O) groups is 1. The number of nitrogens with one attached hydrogen (secondary N) is 1. The molecule has 1 heterocycles. The number of nitrogens with zero attached hydrogens (tertiary/aromatic N) is 1. The van der Waals surface area contributed by atoms with Gasteiger partial charge >= 0.3 is 6.18 Å². The highest BCUT2D eigenvalue weighted by Gasteiger charge is 2.38. The zero-order valence-corrected chi connectivity index (χ0v) is 17.7. The Hall–Kier alpha value is -1.70. The molecule has 3 rings (SSSR count). The number of likely N-dealkylation sites (N-methyl/N-ethyl adjacent to an activating group) is 1. The second-order valence-electron chi connectivity index (χ2n) is 7.30. The Kier molecular flexibility index (Phi) is 6.51. The van der Waals surface area contributed by atoms with E-state index in [1.54, 1.807) is 12.3 Å². The number of thioether (sulfide) groups is 1. The Morgan fingerprint density at radius 2 is 2.00 bits per heavy atom. The van der Waals surface area contributed by atoms with Gasteiger partial charge in [0.15, 0.2) is 0 Å². The first-order chi connectivity index (χ1) is 13.6. The van der Waals surface area contributed by atoms with Crippen molar-refractivity contribution in [2.45, 2.75) is 29.5 Å². The van der Waals surface area contributed by atoms with Crippen LogP contribution >= 0.6 is 23.4 Å². The summed E-state index contributed by atoms with van der Waals surface area (Å²) < 4.78 is 39.1. The maximum absolute atomic E-state index is 13.2. The molecule has 0 bridgehead atoms. The molecule has 29 heavy (non-hydrogen) atoms. The Labute approximate surface area is 177 Å². The summed E-state index contributed by atoms with van der Waals surface area (Å²) in [7, 11) is 1.98. The first-order valence-corrected chi connectivity index (χ1v) is 10.8. The highest BCUT2D eigenvalue weighted by atomic mass is 35.5. The summed E-state index contributed by atoms with van der Waals surface area (Å²) in [4.78, 5) is 15.6. The number of hydrogen-bond acceptors (Lipinski definition) is 3. The molecule has 8 heteroatoms. The van der Waals surface area contributed by atoms with Crippen molar-refractivity contribution in [1.82, 2.24) is 10.2 Å². The van der Waals surface area contributed by atoms with E-state index in [-0.39, 0.29) is 5.56 Å². The van der Waals surface area contributed by atoms with Crippen molar-refractivity contribution < 1.29 is 18.0 Å². The van der Waals surface area contributed by atoms with Crippen molar-refractivity contribution in [1.29, 1.82) is 0 Å². The SMILES string of the molecule is CSc1cc(C(F)(F)F)ccc1C(=O)NC1(c2cccc(Cl)c2)CCCN(C)C1. The van der Waals surface area contributed by atoms with Crippen LogP contribution in [0.25, 0.3) is 0 Å². The molecule has 2 aromatic rings. The standard InChI is InChI=1S/C21H22ClF3N2OS/c1-27-10-4-9-20(13-27,14-5-3-6-16(22)11-14)26-19(28)17-8-7-15(21(23,24)25)12-18(17)29-2/h3,5-8,11-12H,4,9-10,13H2,1-2H3,(H,26,28). The van der Waals surface area contributed by atoms with Crippen LogP contribution in [0.2, 0.25) is 5.02 Å². The van der Waals surface area contributed by atoms with Gasteiger partial charge in [-0.05, 0) is 68.6 Å². The molecular formula is C21H22ClF3N2OS. The van der Waals surface area contributed by atoms with E-state index in [2.05, 4.69) is 10.2 Å². The van der Waals surface area contributed by atoms with Crippen LogP contribution in [-0.4, -0.2) is 37.2 Å². The molecule has 0 radical (unpaired) electrons. The number of alkyl halides is 3. The first kappa shape index (κ1) is 22.0. The summed E-state index contributed by atoms with van der Waals surface area (Å²) in [6.45, 7) is 1.50. The minimum Gasteiger partial charge on any atom is -0.341 e. The van der Waals surface area contributed by atoms with Gasteiger partial charge in [-0.15, -0.1) is 11.8 Å². The predicted octanol–water partition coefficient (Wildman–Crippen LogP) is 5.43. The summed E-state index contributed by atoms with van der Waals surface area (Å²) in [5.74, 6) is -0.390. The smallest absolute Gasteiger partial charge is 0.341 e. The van der Waals surface area contributed by atoms with Crippen LogP contribution in [-0.2, 0) is 11.7 Å². The lowest BCUT2D eigenvalue weighted by molar-refractivity contribution is -0.137. The van der Waals surface area contributed by atoms with Gasteiger partial charge in [-0.1, -0.05) is 23.7 Å². The number of carbonyl (C=O) groups excluding carboxylic acids is 1. The van der Waals surface area contributed by atoms with Crippen LogP contribution in [0.1, 0.15) is 34.3 Å². The average Bonchev–Trinajstić information content (AvgIpc) is 2.66. The average molecular weight is 443 g/mol. The zero-order valence-electron chi connectivity index (χ0n) is 16.1. The molecule has 1 amide bonds. The van der Waals surface area contributed by atoms with E-state index in [0.29, 0.717) is 16.5 Å². The second kappa shape index (κ2) is 8.58. The van der Waals surface area contributed by atoms with Crippen molar-refractivity contribution in [3.63, 3.8) is 0 Å². The van der Waals surface area contributed by atoms with Gasteiger partial charge in [-0.2, -0.15) is 13.2 Å². The molecule has 0 spiro atoms. The van der Waals surface area contributed by atoms with E-state index in [0.717, 1.165) is 48.8 Å². The fourth-order valence-corrected chi connectivity index (χ4v) is 4.62. The van der Waals surface area contributed by atoms with Gasteiger partial charge in [0.1, 0.15) is 0 Å². The molecule has 1 aliphatic rings. The molecule has 1 fully saturated rings. The Balaban J connectivity index is 1.97. The van der Waals surface area contributed by atoms with Crippen LogP contribution in [0.5, 0.6) is 0 Å². The minimum atomic E-state index is -4.45. The van der Waals surface area contributed by atoms with Gasteiger partial charge in [-0.3, -0.25) is 4.79 Å². The third-order valence-corrected chi connectivity index (χ3v) is 6.20. The van der Waals surface area contributed by atoms with Crippen molar-refractivity contribution >= 4 is 29.3 Å². The number of hydrogen-bond donors (Lipinski definition) is 1. The molecule has 0 saturated carbocycles. The molecule has 0 aromatic heterocycles. The van der Waals surface area contributed by atoms with E-state index in [1.807, 2.05) is 25.2 Å². The summed E-state index contributed by atoms with van der Waals surface area (Å²) in [6, 6.07) is 10.6. The van der Waals surface area contributed by atoms with Gasteiger partial charge in [0.05, 0.1) is 16.7 Å². The van der Waals surface area contributed by atoms with Crippen molar-refractivity contribution in [3.05, 3.63) is 64.2 Å². The van der Waals surface area contributed by atoms with Crippen LogP contribution in [0.3, 0.4) is 0 Å². The largest absolute Gasteiger partial charge is 0.416 e. The van der Waals surface area contributed by atoms with Crippen LogP contribution in [0.15, 0.2) is 47.4 Å². The zero-order chi connectivity index (χ0) is 21.2. The van der Waals surface area contributed by atoms with E-state index in [4.69, 9.17) is 11.6 Å². The maximum atomic E-state index is 13.2. The number of piperidine rings is 1.